The molecule has 4 amide bonds. The van der Waals surface area contributed by atoms with Gasteiger partial charge in [-0.05, 0) is 131 Å². The second-order valence-corrected chi connectivity index (χ2v) is 29.9. The number of carbonyl (C=O) groups is 8. The summed E-state index contributed by atoms with van der Waals surface area (Å²) >= 11 is 0. The first kappa shape index (κ1) is 104. The van der Waals surface area contributed by atoms with Crippen LogP contribution in [0.15, 0.2) is 231 Å². The molecule has 7 N–H and O–H groups in total. The Hall–Kier alpha value is -12.9. The zero-order valence-corrected chi connectivity index (χ0v) is 73.5. The molecule has 0 atom stereocenters. The summed E-state index contributed by atoms with van der Waals surface area (Å²) in [6, 6.07) is 60.5. The average Bonchev–Trinajstić information content (AvgIpc) is 0.816. The number of halogens is 5. The van der Waals surface area contributed by atoms with E-state index in [1.165, 1.54) is 104 Å². The molecule has 5 aromatic carbocycles. The summed E-state index contributed by atoms with van der Waals surface area (Å²) in [5, 5.41) is 41.8. The van der Waals surface area contributed by atoms with Gasteiger partial charge < -0.3 is 65.8 Å². The standard InChI is InChI=1S/C28H30FN5O2.C19H20FN3O3.C18H18FN3O3.C11H15FN2.C9H14N3.C7H5NO4.CH3F.CH4O.Li.H2O/c29-23-11-9-22(10-12-23)21-31-13-15-33(16-14-31)27(35)25-7-4-8-26(30-25)28(36)34-19-17-32(18-20-34)24-5-2-1-3-6-24;1-26-19(25)17-4-2-3-16(21-17)18(24)23-11-9-22(10-12-23)13-14-5-7-15(20)8-6-14;19-14-6-4-13(5-7-14)12-21-8-10-22(11-9-21)17(23)15-2-1-3-16(20-15)18(24)25;12-11-3-1-10(2-4-11)9-14-7-5-13-6-8-14;1-2-6-11(7-3-1)12-8-4-10-5-9-12;9-6(10)4-2-1-3-5(8-4)7(11)12;2*1-2;;/h1-12H,13-21H2;2-8H,9-13H2,1H3;1-7H,8-12H2,(H,24,25);1-4,13H,5-9H2;1-3,6-7,10H,4-5,8-9H2;1-3H,(H,9,10)(H,11,12);1H3;2H,1H3;;1H2/q;;;;+1;;;;+1;/p-1/i;;;;;;1D;;;. The van der Waals surface area contributed by atoms with Crippen LogP contribution in [0.4, 0.5) is 27.6 Å². The van der Waals surface area contributed by atoms with E-state index in [-0.39, 0.29) is 105 Å². The molecule has 6 aliphatic rings. The number of carboxylic acid groups (broad SMARTS) is 3. The van der Waals surface area contributed by atoms with E-state index in [4.69, 9.17) is 21.8 Å². The fraction of sp³-hybridized carbons (Fsp3) is 0.330. The quantitative estimate of drug-likeness (QED) is 0.0277. The van der Waals surface area contributed by atoms with Gasteiger partial charge in [0, 0.05) is 195 Å². The van der Waals surface area contributed by atoms with E-state index >= 15 is 0 Å². The van der Waals surface area contributed by atoms with Crippen molar-refractivity contribution in [2.24, 2.45) is 0 Å². The van der Waals surface area contributed by atoms with Crippen LogP contribution in [0.5, 0.6) is 0 Å². The first-order valence-electron chi connectivity index (χ1n) is 42.6. The summed E-state index contributed by atoms with van der Waals surface area (Å²) in [6.45, 7) is 22.2. The van der Waals surface area contributed by atoms with Crippen molar-refractivity contribution in [1.82, 2.24) is 69.8 Å². The molecule has 11 heterocycles. The van der Waals surface area contributed by atoms with Crippen LogP contribution in [0.25, 0.3) is 0 Å². The molecule has 10 aromatic rings. The minimum atomic E-state index is -1.24. The number of ether oxygens (including phenoxy) is 1. The summed E-state index contributed by atoms with van der Waals surface area (Å²) in [5.74, 6) is -5.84. The third kappa shape index (κ3) is 34.2. The summed E-state index contributed by atoms with van der Waals surface area (Å²) < 4.78 is 74.0. The van der Waals surface area contributed by atoms with Crippen molar-refractivity contribution >= 4 is 53.2 Å². The van der Waals surface area contributed by atoms with Gasteiger partial charge in [-0.1, -0.05) is 102 Å². The zero-order valence-electron chi connectivity index (χ0n) is 74.5. The summed E-state index contributed by atoms with van der Waals surface area (Å²) in [5.41, 5.74) is 5.90. The number of hydrogen-bond acceptors (Lipinski definition) is 23. The minimum absolute atomic E-state index is 0. The van der Waals surface area contributed by atoms with Crippen LogP contribution >= 0.6 is 0 Å². The maximum absolute atomic E-state index is 13.1. The van der Waals surface area contributed by atoms with E-state index in [9.17, 15) is 60.3 Å². The van der Waals surface area contributed by atoms with Gasteiger partial charge in [0.05, 0.1) is 28.7 Å². The Morgan fingerprint density at radius 2 is 0.603 bits per heavy atom. The predicted octanol–water partition coefficient (Wildman–Crippen LogP) is 5.23. The number of alkyl halides is 1. The molecule has 6 fully saturated rings. The van der Waals surface area contributed by atoms with Crippen LogP contribution in [0.1, 0.15) is 108 Å². The smallest absolute Gasteiger partial charge is 0.870 e. The predicted molar refractivity (Wildman–Crippen MR) is 476 cm³/mol. The van der Waals surface area contributed by atoms with E-state index in [1.807, 2.05) is 41.3 Å². The molecule has 0 saturated carbocycles. The van der Waals surface area contributed by atoms with Crippen LogP contribution < -0.4 is 44.1 Å². The first-order valence-corrected chi connectivity index (χ1v) is 41.9. The van der Waals surface area contributed by atoms with Crippen molar-refractivity contribution in [3.8, 4) is 0 Å². The van der Waals surface area contributed by atoms with Crippen LogP contribution in [0.2, 0.25) is 0 Å². The SMILES string of the molecule is CO.COC(=O)c1cccc(C(=O)N2CCN(Cc3ccc(F)cc3)CC2)n1.Fc1ccc(CN2CCNCC2)cc1.O=C(O)c1cccc(C(=O)N2CCN(Cc3ccc(F)cc3)CC2)n1.O=C(O)c1cccc(C(=O)O)n1.O=C(c1cccc(C(=O)N2CCN(c3ccccc3)CC2)n1)N1CCN(Cc2ccc(F)cc2)CC1.[2H]CF.[Li+].[OH-].c1cc[n+](N2CCNCC2)cc1. The Morgan fingerprint density at radius 1 is 0.351 bits per heavy atom. The third-order valence-electron chi connectivity index (χ3n) is 21.2. The molecule has 16 rings (SSSR count). The van der Waals surface area contributed by atoms with Crippen molar-refractivity contribution in [3.05, 3.63) is 322 Å². The van der Waals surface area contributed by atoms with Crippen molar-refractivity contribution < 1.29 is 116 Å². The molecule has 0 aliphatic carbocycles. The average molecular weight is 1800 g/mol. The molecule has 31 nitrogen and oxygen atoms in total. The molecule has 6 aliphatic heterocycles. The number of esters is 1. The van der Waals surface area contributed by atoms with E-state index in [1.54, 1.807) is 81.4 Å². The van der Waals surface area contributed by atoms with Crippen LogP contribution in [0, 0.1) is 23.3 Å². The maximum Gasteiger partial charge on any atom is 1.00 e. The van der Waals surface area contributed by atoms with E-state index in [0.29, 0.717) is 83.4 Å². The van der Waals surface area contributed by atoms with Gasteiger partial charge in [0.15, 0.2) is 12.4 Å². The molecular formula is C94H110F5LiN17O14+. The third-order valence-corrected chi connectivity index (χ3v) is 21.2. The number of para-hydroxylation sites is 1. The van der Waals surface area contributed by atoms with Gasteiger partial charge in [-0.15, -0.1) is 0 Å². The van der Waals surface area contributed by atoms with Gasteiger partial charge >= 0.3 is 42.7 Å². The molecule has 37 heteroatoms. The van der Waals surface area contributed by atoms with E-state index < -0.39 is 31.0 Å². The normalized spacial score (nSPS) is 15.1. The van der Waals surface area contributed by atoms with E-state index in [2.05, 4.69) is 106 Å². The number of carboxylic acids is 3. The molecular weight excluding hydrogens is 1690 g/mol. The zero-order chi connectivity index (χ0) is 93.1. The number of anilines is 1. The molecule has 5 aromatic heterocycles. The second-order valence-electron chi connectivity index (χ2n) is 29.9. The number of nitrogens with one attached hydrogen (secondary N) is 2. The molecule has 131 heavy (non-hydrogen) atoms. The van der Waals surface area contributed by atoms with Crippen molar-refractivity contribution in [2.45, 2.75) is 26.2 Å². The number of aromatic carboxylic acids is 3. The number of nitrogens with zero attached hydrogens (tertiary/aromatic N) is 15. The van der Waals surface area contributed by atoms with Crippen LogP contribution in [0.3, 0.4) is 0 Å². The minimum Gasteiger partial charge on any atom is -0.870 e. The number of rotatable bonds is 18. The van der Waals surface area contributed by atoms with Gasteiger partial charge in [0.25, 0.3) is 23.6 Å². The monoisotopic (exact) mass is 1800 g/mol. The first-order chi connectivity index (χ1) is 63.0. The molecule has 0 spiro atoms. The van der Waals surface area contributed by atoms with Gasteiger partial charge in [-0.3, -0.25) is 43.2 Å². The summed E-state index contributed by atoms with van der Waals surface area (Å²) in [4.78, 5) is 129. The van der Waals surface area contributed by atoms with Gasteiger partial charge in [0.1, 0.15) is 68.8 Å². The van der Waals surface area contributed by atoms with Gasteiger partial charge in [0.2, 0.25) is 0 Å². The number of piperazine rings is 6. The molecule has 690 valence electrons. The summed E-state index contributed by atoms with van der Waals surface area (Å²) in [6.07, 6.45) is 4.18. The van der Waals surface area contributed by atoms with Gasteiger partial charge in [-0.25, -0.2) is 56.7 Å². The number of carbonyl (C=O) groups excluding carboxylic acids is 5. The number of hydrogen-bond donors (Lipinski definition) is 6. The van der Waals surface area contributed by atoms with Crippen molar-refractivity contribution in [2.75, 3.05) is 188 Å². The Morgan fingerprint density at radius 3 is 0.908 bits per heavy atom. The summed E-state index contributed by atoms with van der Waals surface area (Å²) in [7, 11) is 1.28. The Kier molecular flexibility index (Phi) is 44.2. The largest absolute Gasteiger partial charge is 1.00 e. The number of methoxy groups -OCH3 is 1. The number of amides is 4. The Labute approximate surface area is 771 Å². The fourth-order valence-corrected chi connectivity index (χ4v) is 14.3. The number of aromatic nitrogens is 5. The fourth-order valence-electron chi connectivity index (χ4n) is 14.3. The molecule has 0 unspecified atom stereocenters. The topological polar surface area (TPSA) is 369 Å². The Bertz CT molecular complexity index is 5170. The number of benzene rings is 5. The molecule has 0 bridgehead atoms. The number of aliphatic hydroxyl groups excluding tert-OH is 1. The van der Waals surface area contributed by atoms with Crippen LogP contribution in [-0.2, 0) is 30.9 Å². The number of pyridine rings is 5. The van der Waals surface area contributed by atoms with Crippen LogP contribution in [-0.4, -0.2) is 311 Å². The second kappa shape index (κ2) is 55.9. The molecule has 0 radical (unpaired) electrons. The maximum atomic E-state index is 13.1. The van der Waals surface area contributed by atoms with Crippen molar-refractivity contribution in [1.29, 1.82) is 0 Å². The van der Waals surface area contributed by atoms with E-state index in [0.717, 1.165) is 141 Å². The van der Waals surface area contributed by atoms with Crippen molar-refractivity contribution in [3.63, 3.8) is 0 Å². The number of aliphatic hydroxyl groups is 1. The van der Waals surface area contributed by atoms with Gasteiger partial charge in [-0.2, -0.15) is 5.01 Å². The Balaban J connectivity index is 0.000000223. The molecule has 6 saturated heterocycles.